The van der Waals surface area contributed by atoms with Crippen molar-refractivity contribution in [2.75, 3.05) is 32.5 Å². The van der Waals surface area contributed by atoms with Gasteiger partial charge in [-0.05, 0) is 30.9 Å². The van der Waals surface area contributed by atoms with Gasteiger partial charge in [-0.3, -0.25) is 4.79 Å². The minimum absolute atomic E-state index is 0.0519. The number of nitrogens with one attached hydrogen (secondary N) is 1. The number of hydrogen-bond donors (Lipinski definition) is 1. The summed E-state index contributed by atoms with van der Waals surface area (Å²) in [5, 5.41) is 2.77. The van der Waals surface area contributed by atoms with Crippen LogP contribution in [0.3, 0.4) is 0 Å². The fourth-order valence-electron chi connectivity index (χ4n) is 2.74. The molecule has 6 nitrogen and oxygen atoms in total. The predicted molar refractivity (Wildman–Crippen MR) is 93.1 cm³/mol. The highest BCUT2D eigenvalue weighted by Crippen LogP contribution is 2.11. The van der Waals surface area contributed by atoms with E-state index < -0.39 is 10.0 Å². The van der Waals surface area contributed by atoms with Crippen molar-refractivity contribution in [1.29, 1.82) is 0 Å². The molecule has 8 heteroatoms. The Balaban J connectivity index is 1.81. The number of hydrogen-bond acceptors (Lipinski definition) is 4. The fraction of sp³-hybridized carbons (Fsp3) is 0.588. The van der Waals surface area contributed by atoms with Crippen LogP contribution in [-0.4, -0.2) is 57.2 Å². The van der Waals surface area contributed by atoms with Crippen LogP contribution in [0.4, 0.5) is 4.39 Å². The molecule has 1 aliphatic heterocycles. The van der Waals surface area contributed by atoms with Gasteiger partial charge >= 0.3 is 0 Å². The van der Waals surface area contributed by atoms with Crippen LogP contribution in [0, 0.1) is 5.82 Å². The lowest BCUT2D eigenvalue weighted by molar-refractivity contribution is -0.121. The molecule has 1 fully saturated rings. The Morgan fingerprint density at radius 3 is 2.76 bits per heavy atom. The number of amides is 1. The lowest BCUT2D eigenvalue weighted by Crippen LogP contribution is -2.37. The third-order valence-corrected chi connectivity index (χ3v) is 5.50. The second kappa shape index (κ2) is 9.26. The average Bonchev–Trinajstić information content (AvgIpc) is 3.06. The number of ether oxygens (including phenoxy) is 1. The van der Waals surface area contributed by atoms with Gasteiger partial charge in [0.2, 0.25) is 15.9 Å². The molecule has 1 atom stereocenters. The Bertz CT molecular complexity index is 675. The van der Waals surface area contributed by atoms with E-state index in [2.05, 4.69) is 5.32 Å². The highest BCUT2D eigenvalue weighted by molar-refractivity contribution is 7.88. The minimum Gasteiger partial charge on any atom is -0.376 e. The van der Waals surface area contributed by atoms with E-state index in [0.717, 1.165) is 25.7 Å². The van der Waals surface area contributed by atoms with Crippen LogP contribution in [0.1, 0.15) is 24.8 Å². The third kappa shape index (κ3) is 6.72. The lowest BCUT2D eigenvalue weighted by Gasteiger charge is -2.20. The molecular weight excluding hydrogens is 347 g/mol. The number of rotatable bonds is 9. The largest absolute Gasteiger partial charge is 0.376 e. The normalized spacial score (nSPS) is 17.8. The van der Waals surface area contributed by atoms with E-state index in [9.17, 15) is 17.6 Å². The lowest BCUT2D eigenvalue weighted by atomic mass is 10.1. The first-order valence-corrected chi connectivity index (χ1v) is 10.3. The molecule has 0 saturated carbocycles. The molecule has 0 aromatic heterocycles. The molecule has 0 bridgehead atoms. The second-order valence-corrected chi connectivity index (χ2v) is 8.17. The first kappa shape index (κ1) is 19.8. The van der Waals surface area contributed by atoms with Crippen molar-refractivity contribution < 1.29 is 22.3 Å². The topological polar surface area (TPSA) is 75.7 Å². The first-order valence-electron chi connectivity index (χ1n) is 8.43. The van der Waals surface area contributed by atoms with E-state index in [1.807, 2.05) is 0 Å². The summed E-state index contributed by atoms with van der Waals surface area (Å²) < 4.78 is 44.1. The third-order valence-electron chi connectivity index (χ3n) is 4.20. The molecule has 1 unspecified atom stereocenters. The summed E-state index contributed by atoms with van der Waals surface area (Å²) in [4.78, 5) is 11.9. The molecule has 1 aliphatic rings. The standard InChI is InChI=1S/C17H25FN2O4S/c1-25(22,23)20(10-8-14-5-2-3-7-16(14)18)11-9-17(21)19-13-15-6-4-12-24-15/h2-3,5,7,15H,4,6,8-13H2,1H3,(H,19,21). The number of nitrogens with zero attached hydrogens (tertiary/aromatic N) is 1. The van der Waals surface area contributed by atoms with E-state index >= 15 is 0 Å². The van der Waals surface area contributed by atoms with Crippen LogP contribution in [-0.2, 0) is 26.0 Å². The number of carbonyl (C=O) groups is 1. The maximum absolute atomic E-state index is 13.7. The monoisotopic (exact) mass is 372 g/mol. The molecule has 1 aromatic carbocycles. The number of carbonyl (C=O) groups excluding carboxylic acids is 1. The zero-order valence-electron chi connectivity index (χ0n) is 14.4. The van der Waals surface area contributed by atoms with E-state index in [-0.39, 0.29) is 43.8 Å². The molecule has 1 heterocycles. The second-order valence-electron chi connectivity index (χ2n) is 6.19. The molecule has 140 valence electrons. The Labute approximate surface area is 148 Å². The van der Waals surface area contributed by atoms with Crippen molar-refractivity contribution >= 4 is 15.9 Å². The zero-order chi connectivity index (χ0) is 18.3. The number of benzene rings is 1. The summed E-state index contributed by atoms with van der Waals surface area (Å²) in [7, 11) is -3.47. The molecule has 0 radical (unpaired) electrons. The fourth-order valence-corrected chi connectivity index (χ4v) is 3.58. The van der Waals surface area contributed by atoms with Gasteiger partial charge in [0.25, 0.3) is 0 Å². The highest BCUT2D eigenvalue weighted by atomic mass is 32.2. The molecule has 1 saturated heterocycles. The Kier molecular flexibility index (Phi) is 7.34. The van der Waals surface area contributed by atoms with Gasteiger partial charge < -0.3 is 10.1 Å². The SMILES string of the molecule is CS(=O)(=O)N(CCC(=O)NCC1CCCO1)CCc1ccccc1F. The van der Waals surface area contributed by atoms with Gasteiger partial charge in [-0.15, -0.1) is 0 Å². The van der Waals surface area contributed by atoms with Crippen molar-refractivity contribution in [1.82, 2.24) is 9.62 Å². The number of halogens is 1. The number of sulfonamides is 1. The molecular formula is C17H25FN2O4S. The van der Waals surface area contributed by atoms with E-state index in [1.165, 1.54) is 10.4 Å². The quantitative estimate of drug-likeness (QED) is 0.709. The molecule has 2 rings (SSSR count). The minimum atomic E-state index is -3.47. The van der Waals surface area contributed by atoms with Gasteiger partial charge in [-0.25, -0.2) is 17.1 Å². The van der Waals surface area contributed by atoms with Crippen molar-refractivity contribution in [2.45, 2.75) is 31.8 Å². The summed E-state index contributed by atoms with van der Waals surface area (Å²) in [6.45, 7) is 1.38. The van der Waals surface area contributed by atoms with Crippen LogP contribution in [0.2, 0.25) is 0 Å². The van der Waals surface area contributed by atoms with Crippen molar-refractivity contribution in [2.24, 2.45) is 0 Å². The molecule has 0 spiro atoms. The Hall–Kier alpha value is -1.51. The average molecular weight is 372 g/mol. The highest BCUT2D eigenvalue weighted by Gasteiger charge is 2.20. The van der Waals surface area contributed by atoms with Crippen molar-refractivity contribution in [3.05, 3.63) is 35.6 Å². The van der Waals surface area contributed by atoms with Gasteiger partial charge in [0.15, 0.2) is 0 Å². The first-order chi connectivity index (χ1) is 11.9. The molecule has 1 amide bonds. The van der Waals surface area contributed by atoms with Crippen LogP contribution in [0.5, 0.6) is 0 Å². The maximum Gasteiger partial charge on any atom is 0.221 e. The molecule has 25 heavy (non-hydrogen) atoms. The Morgan fingerprint density at radius 1 is 1.36 bits per heavy atom. The van der Waals surface area contributed by atoms with Crippen LogP contribution < -0.4 is 5.32 Å². The van der Waals surface area contributed by atoms with Crippen molar-refractivity contribution in [3.63, 3.8) is 0 Å². The van der Waals surface area contributed by atoms with Gasteiger partial charge in [-0.1, -0.05) is 18.2 Å². The van der Waals surface area contributed by atoms with E-state index in [0.29, 0.717) is 12.1 Å². The van der Waals surface area contributed by atoms with Gasteiger partial charge in [0.1, 0.15) is 5.82 Å². The molecule has 0 aliphatic carbocycles. The maximum atomic E-state index is 13.7. The van der Waals surface area contributed by atoms with Gasteiger partial charge in [0.05, 0.1) is 12.4 Å². The van der Waals surface area contributed by atoms with Crippen molar-refractivity contribution in [3.8, 4) is 0 Å². The van der Waals surface area contributed by atoms with E-state index in [1.54, 1.807) is 18.2 Å². The van der Waals surface area contributed by atoms with Crippen LogP contribution in [0.25, 0.3) is 0 Å². The summed E-state index contributed by atoms with van der Waals surface area (Å²) in [5.41, 5.74) is 0.457. The molecule has 1 aromatic rings. The zero-order valence-corrected chi connectivity index (χ0v) is 15.2. The smallest absolute Gasteiger partial charge is 0.221 e. The van der Waals surface area contributed by atoms with Crippen LogP contribution >= 0.6 is 0 Å². The van der Waals surface area contributed by atoms with E-state index in [4.69, 9.17) is 4.74 Å². The predicted octanol–water partition coefficient (Wildman–Crippen LogP) is 1.32. The Morgan fingerprint density at radius 2 is 2.12 bits per heavy atom. The van der Waals surface area contributed by atoms with Gasteiger partial charge in [0, 0.05) is 32.7 Å². The summed E-state index contributed by atoms with van der Waals surface area (Å²) in [5.74, 6) is -0.569. The molecule has 1 N–H and O–H groups in total. The van der Waals surface area contributed by atoms with Gasteiger partial charge in [-0.2, -0.15) is 0 Å². The summed E-state index contributed by atoms with van der Waals surface area (Å²) in [6, 6.07) is 6.27. The summed E-state index contributed by atoms with van der Waals surface area (Å²) in [6.07, 6.45) is 3.40. The summed E-state index contributed by atoms with van der Waals surface area (Å²) >= 11 is 0. The van der Waals surface area contributed by atoms with Crippen LogP contribution in [0.15, 0.2) is 24.3 Å².